The molecular formula is C13H22N2O2. The Labute approximate surface area is 103 Å². The number of nitrogens with two attached hydrogens (primary N) is 1. The van der Waals surface area contributed by atoms with Gasteiger partial charge in [0.25, 0.3) is 0 Å². The summed E-state index contributed by atoms with van der Waals surface area (Å²) in [6.45, 7) is 6.22. The number of ether oxygens (including phenoxy) is 1. The first-order valence-electron chi connectivity index (χ1n) is 5.86. The van der Waals surface area contributed by atoms with Crippen LogP contribution in [0.25, 0.3) is 0 Å². The minimum Gasteiger partial charge on any atom is -0.508 e. The van der Waals surface area contributed by atoms with Gasteiger partial charge in [0, 0.05) is 24.3 Å². The van der Waals surface area contributed by atoms with Gasteiger partial charge in [0.15, 0.2) is 0 Å². The average molecular weight is 238 g/mol. The summed E-state index contributed by atoms with van der Waals surface area (Å²) in [7, 11) is 1.99. The summed E-state index contributed by atoms with van der Waals surface area (Å²) in [5.41, 5.74) is 7.20. The van der Waals surface area contributed by atoms with Crippen molar-refractivity contribution in [1.82, 2.24) is 4.90 Å². The third kappa shape index (κ3) is 5.06. The quantitative estimate of drug-likeness (QED) is 0.586. The number of phenols is 1. The van der Waals surface area contributed by atoms with Gasteiger partial charge in [-0.25, -0.2) is 0 Å². The lowest BCUT2D eigenvalue weighted by molar-refractivity contribution is 0.0626. The molecule has 0 saturated carbocycles. The van der Waals surface area contributed by atoms with E-state index in [-0.39, 0.29) is 11.9 Å². The van der Waals surface area contributed by atoms with E-state index >= 15 is 0 Å². The van der Waals surface area contributed by atoms with E-state index in [0.29, 0.717) is 18.8 Å². The molecule has 1 aromatic rings. The van der Waals surface area contributed by atoms with Crippen LogP contribution in [0.15, 0.2) is 18.2 Å². The molecule has 17 heavy (non-hydrogen) atoms. The second-order valence-corrected chi connectivity index (χ2v) is 4.55. The summed E-state index contributed by atoms with van der Waals surface area (Å²) < 4.78 is 5.48. The van der Waals surface area contributed by atoms with Crippen molar-refractivity contribution in [3.8, 4) is 5.75 Å². The number of hydrogen-bond acceptors (Lipinski definition) is 4. The van der Waals surface area contributed by atoms with E-state index < -0.39 is 0 Å². The highest BCUT2D eigenvalue weighted by Crippen LogP contribution is 2.20. The van der Waals surface area contributed by atoms with Gasteiger partial charge in [-0.2, -0.15) is 0 Å². The van der Waals surface area contributed by atoms with E-state index in [1.165, 1.54) is 0 Å². The zero-order chi connectivity index (χ0) is 12.8. The van der Waals surface area contributed by atoms with Crippen LogP contribution in [0.2, 0.25) is 0 Å². The van der Waals surface area contributed by atoms with Gasteiger partial charge < -0.3 is 15.6 Å². The fraction of sp³-hybridized carbons (Fsp3) is 0.538. The molecular weight excluding hydrogens is 216 g/mol. The number of hydrogen-bond donors (Lipinski definition) is 2. The van der Waals surface area contributed by atoms with Gasteiger partial charge in [0.1, 0.15) is 5.75 Å². The maximum absolute atomic E-state index is 9.68. The molecule has 1 rings (SSSR count). The number of benzene rings is 1. The van der Waals surface area contributed by atoms with Crippen LogP contribution in [0.5, 0.6) is 5.75 Å². The summed E-state index contributed by atoms with van der Waals surface area (Å²) in [4.78, 5) is 2.09. The second kappa shape index (κ2) is 6.47. The van der Waals surface area contributed by atoms with Crippen LogP contribution in [0, 0.1) is 0 Å². The predicted octanol–water partition coefficient (Wildman–Crippen LogP) is 1.83. The van der Waals surface area contributed by atoms with Crippen LogP contribution in [0.1, 0.15) is 19.4 Å². The van der Waals surface area contributed by atoms with E-state index in [4.69, 9.17) is 10.5 Å². The number of nitrogen functional groups attached to an aromatic ring is 1. The van der Waals surface area contributed by atoms with E-state index in [0.717, 1.165) is 12.1 Å². The molecule has 0 unspecified atom stereocenters. The third-order valence-electron chi connectivity index (χ3n) is 2.47. The van der Waals surface area contributed by atoms with Gasteiger partial charge >= 0.3 is 0 Å². The summed E-state index contributed by atoms with van der Waals surface area (Å²) in [5, 5.41) is 9.68. The monoisotopic (exact) mass is 238 g/mol. The Balaban J connectivity index is 2.44. The average Bonchev–Trinajstić information content (AvgIpc) is 2.23. The molecule has 4 heteroatoms. The molecule has 0 aliphatic carbocycles. The molecule has 3 N–H and O–H groups in total. The first-order chi connectivity index (χ1) is 7.99. The van der Waals surface area contributed by atoms with Crippen LogP contribution < -0.4 is 5.73 Å². The summed E-state index contributed by atoms with van der Waals surface area (Å²) in [5.74, 6) is 0.288. The zero-order valence-corrected chi connectivity index (χ0v) is 10.8. The molecule has 0 aliphatic heterocycles. The van der Waals surface area contributed by atoms with Crippen molar-refractivity contribution < 1.29 is 9.84 Å². The highest BCUT2D eigenvalue weighted by atomic mass is 16.5. The Hall–Kier alpha value is -1.26. The highest BCUT2D eigenvalue weighted by molar-refractivity contribution is 5.47. The van der Waals surface area contributed by atoms with Gasteiger partial charge in [-0.05, 0) is 39.1 Å². The Morgan fingerprint density at radius 3 is 2.76 bits per heavy atom. The molecule has 0 radical (unpaired) electrons. The van der Waals surface area contributed by atoms with Crippen molar-refractivity contribution in [3.63, 3.8) is 0 Å². The van der Waals surface area contributed by atoms with Gasteiger partial charge in [0.05, 0.1) is 12.7 Å². The minimum absolute atomic E-state index is 0.254. The molecule has 96 valence electrons. The molecule has 0 atom stereocenters. The Kier molecular flexibility index (Phi) is 5.25. The Bertz CT molecular complexity index is 353. The number of phenolic OH excluding ortho intramolecular Hbond substituents is 1. The van der Waals surface area contributed by atoms with Crippen molar-refractivity contribution in [3.05, 3.63) is 23.8 Å². The first kappa shape index (κ1) is 13.8. The lowest BCUT2D eigenvalue weighted by Gasteiger charge is -2.18. The van der Waals surface area contributed by atoms with Crippen molar-refractivity contribution in [1.29, 1.82) is 0 Å². The van der Waals surface area contributed by atoms with Gasteiger partial charge in [0.2, 0.25) is 0 Å². The smallest absolute Gasteiger partial charge is 0.120 e. The molecule has 0 bridgehead atoms. The van der Waals surface area contributed by atoms with E-state index in [2.05, 4.69) is 4.90 Å². The summed E-state index contributed by atoms with van der Waals surface area (Å²) in [6, 6.07) is 5.12. The standard InChI is InChI=1S/C13H22N2O2/c1-10(2)17-7-6-15(3)9-11-8-12(14)4-5-13(11)16/h4-5,8,10,16H,6-7,9,14H2,1-3H3. The first-order valence-corrected chi connectivity index (χ1v) is 5.86. The highest BCUT2D eigenvalue weighted by Gasteiger charge is 2.06. The molecule has 4 nitrogen and oxygen atoms in total. The molecule has 0 fully saturated rings. The Morgan fingerprint density at radius 1 is 1.41 bits per heavy atom. The van der Waals surface area contributed by atoms with Gasteiger partial charge in [-0.15, -0.1) is 0 Å². The molecule has 0 heterocycles. The zero-order valence-electron chi connectivity index (χ0n) is 10.8. The molecule has 1 aromatic carbocycles. The SMILES string of the molecule is CC(C)OCCN(C)Cc1cc(N)ccc1O. The van der Waals surface area contributed by atoms with E-state index in [9.17, 15) is 5.11 Å². The van der Waals surface area contributed by atoms with Crippen LogP contribution in [-0.4, -0.2) is 36.3 Å². The normalized spacial score (nSPS) is 11.4. The van der Waals surface area contributed by atoms with Gasteiger partial charge in [-0.1, -0.05) is 0 Å². The summed E-state index contributed by atoms with van der Waals surface area (Å²) >= 11 is 0. The number of nitrogens with zero attached hydrogens (tertiary/aromatic N) is 1. The van der Waals surface area contributed by atoms with Crippen LogP contribution in [-0.2, 0) is 11.3 Å². The molecule has 0 amide bonds. The van der Waals surface area contributed by atoms with Crippen molar-refractivity contribution in [2.75, 3.05) is 25.9 Å². The number of anilines is 1. The van der Waals surface area contributed by atoms with Crippen LogP contribution in [0.4, 0.5) is 5.69 Å². The lowest BCUT2D eigenvalue weighted by atomic mass is 10.1. The van der Waals surface area contributed by atoms with Crippen molar-refractivity contribution >= 4 is 5.69 Å². The molecule has 0 aliphatic rings. The predicted molar refractivity (Wildman–Crippen MR) is 69.9 cm³/mol. The van der Waals surface area contributed by atoms with Crippen molar-refractivity contribution in [2.45, 2.75) is 26.5 Å². The fourth-order valence-electron chi connectivity index (χ4n) is 1.55. The third-order valence-corrected chi connectivity index (χ3v) is 2.47. The maximum atomic E-state index is 9.68. The largest absolute Gasteiger partial charge is 0.508 e. The minimum atomic E-state index is 0.254. The number of likely N-dealkylation sites (N-methyl/N-ethyl adjacent to an activating group) is 1. The van der Waals surface area contributed by atoms with Gasteiger partial charge in [-0.3, -0.25) is 4.90 Å². The number of aromatic hydroxyl groups is 1. The molecule has 0 spiro atoms. The molecule has 0 aromatic heterocycles. The maximum Gasteiger partial charge on any atom is 0.120 e. The van der Waals surface area contributed by atoms with Crippen molar-refractivity contribution in [2.24, 2.45) is 0 Å². The lowest BCUT2D eigenvalue weighted by Crippen LogP contribution is -2.24. The topological polar surface area (TPSA) is 58.7 Å². The van der Waals surface area contributed by atoms with Crippen LogP contribution >= 0.6 is 0 Å². The molecule has 0 saturated heterocycles. The number of rotatable bonds is 6. The fourth-order valence-corrected chi connectivity index (χ4v) is 1.55. The second-order valence-electron chi connectivity index (χ2n) is 4.55. The summed E-state index contributed by atoms with van der Waals surface area (Å²) in [6.07, 6.45) is 0.254. The van der Waals surface area contributed by atoms with E-state index in [1.807, 2.05) is 20.9 Å². The van der Waals surface area contributed by atoms with E-state index in [1.54, 1.807) is 18.2 Å². The Morgan fingerprint density at radius 2 is 2.12 bits per heavy atom. The van der Waals surface area contributed by atoms with Crippen LogP contribution in [0.3, 0.4) is 0 Å².